The lowest BCUT2D eigenvalue weighted by Crippen LogP contribution is -2.43. The molecule has 2 amide bonds. The van der Waals surface area contributed by atoms with E-state index in [0.717, 1.165) is 0 Å². The van der Waals surface area contributed by atoms with Crippen LogP contribution < -0.4 is 4.90 Å². The summed E-state index contributed by atoms with van der Waals surface area (Å²) in [5, 5.41) is 0. The van der Waals surface area contributed by atoms with Crippen molar-refractivity contribution in [1.29, 1.82) is 0 Å². The summed E-state index contributed by atoms with van der Waals surface area (Å²) in [4.78, 5) is 26.5. The Bertz CT molecular complexity index is 485. The molecule has 0 aliphatic carbocycles. The molecule has 0 unspecified atom stereocenters. The van der Waals surface area contributed by atoms with Gasteiger partial charge in [0.1, 0.15) is 5.82 Å². The van der Waals surface area contributed by atoms with Crippen molar-refractivity contribution in [3.8, 4) is 0 Å². The summed E-state index contributed by atoms with van der Waals surface area (Å²) in [6, 6.07) is 3.72. The molecule has 1 aromatic rings. The Labute approximate surface area is 98.6 Å². The minimum atomic E-state index is -0.462. The second-order valence-electron chi connectivity index (χ2n) is 4.16. The number of hydrogen-bond donors (Lipinski definition) is 0. The zero-order valence-corrected chi connectivity index (χ0v) is 9.74. The topological polar surface area (TPSA) is 40.6 Å². The average molecular weight is 236 g/mol. The summed E-state index contributed by atoms with van der Waals surface area (Å²) in [6.45, 7) is 0.342. The highest BCUT2D eigenvalue weighted by atomic mass is 19.1. The number of halogens is 1. The quantitative estimate of drug-likeness (QED) is 0.690. The molecule has 17 heavy (non-hydrogen) atoms. The molecule has 2 rings (SSSR count). The number of urea groups is 1. The molecule has 0 spiro atoms. The maximum Gasteiger partial charge on any atom is 0.323 e. The van der Waals surface area contributed by atoms with E-state index in [1.165, 1.54) is 28.0 Å². The lowest BCUT2D eigenvalue weighted by molar-refractivity contribution is 0.0980. The average Bonchev–Trinajstić information content (AvgIpc) is 2.29. The van der Waals surface area contributed by atoms with Crippen molar-refractivity contribution >= 4 is 17.5 Å². The van der Waals surface area contributed by atoms with E-state index in [1.54, 1.807) is 14.1 Å². The van der Waals surface area contributed by atoms with Crippen LogP contribution in [0.5, 0.6) is 0 Å². The van der Waals surface area contributed by atoms with Crippen LogP contribution in [0.15, 0.2) is 18.2 Å². The van der Waals surface area contributed by atoms with E-state index in [4.69, 9.17) is 0 Å². The van der Waals surface area contributed by atoms with Gasteiger partial charge in [-0.15, -0.1) is 0 Å². The fraction of sp³-hybridized carbons (Fsp3) is 0.333. The van der Waals surface area contributed by atoms with Crippen molar-refractivity contribution in [1.82, 2.24) is 4.90 Å². The number of Topliss-reactive ketones (excluding diaryl/α,β-unsaturated/α-hetero) is 1. The summed E-state index contributed by atoms with van der Waals surface area (Å²) in [6.07, 6.45) is 0.232. The van der Waals surface area contributed by atoms with Crippen LogP contribution >= 0.6 is 0 Å². The summed E-state index contributed by atoms with van der Waals surface area (Å²) < 4.78 is 13.1. The largest absolute Gasteiger partial charge is 0.330 e. The van der Waals surface area contributed by atoms with Gasteiger partial charge in [0, 0.05) is 32.6 Å². The van der Waals surface area contributed by atoms with E-state index in [9.17, 15) is 14.0 Å². The van der Waals surface area contributed by atoms with Gasteiger partial charge in [-0.25, -0.2) is 9.18 Å². The monoisotopic (exact) mass is 236 g/mol. The predicted octanol–water partition coefficient (Wildman–Crippen LogP) is 1.90. The van der Waals surface area contributed by atoms with Crippen molar-refractivity contribution in [3.05, 3.63) is 29.6 Å². The Morgan fingerprint density at radius 3 is 2.76 bits per heavy atom. The summed E-state index contributed by atoms with van der Waals surface area (Å²) in [7, 11) is 3.28. The number of carbonyl (C=O) groups is 2. The van der Waals surface area contributed by atoms with Crippen LogP contribution in [0.25, 0.3) is 0 Å². The first-order valence-corrected chi connectivity index (χ1v) is 5.32. The lowest BCUT2D eigenvalue weighted by atomic mass is 10.0. The third-order valence-corrected chi connectivity index (χ3v) is 2.73. The molecule has 0 fully saturated rings. The van der Waals surface area contributed by atoms with Gasteiger partial charge in [0.2, 0.25) is 0 Å². The molecule has 0 atom stereocenters. The maximum absolute atomic E-state index is 13.1. The van der Waals surface area contributed by atoms with Gasteiger partial charge in [0.05, 0.1) is 5.69 Å². The van der Waals surface area contributed by atoms with Gasteiger partial charge in [0.15, 0.2) is 5.78 Å². The van der Waals surface area contributed by atoms with E-state index in [-0.39, 0.29) is 23.8 Å². The zero-order valence-electron chi connectivity index (χ0n) is 9.74. The fourth-order valence-electron chi connectivity index (χ4n) is 1.88. The molecular formula is C12H13FN2O2. The maximum atomic E-state index is 13.1. The number of nitrogens with zero attached hydrogens (tertiary/aromatic N) is 2. The van der Waals surface area contributed by atoms with Crippen LogP contribution in [0.2, 0.25) is 0 Å². The van der Waals surface area contributed by atoms with E-state index in [0.29, 0.717) is 12.2 Å². The van der Waals surface area contributed by atoms with Crippen LogP contribution in [0, 0.1) is 5.82 Å². The minimum absolute atomic E-state index is 0.123. The molecule has 1 aliphatic rings. The molecule has 0 aromatic heterocycles. The van der Waals surface area contributed by atoms with Crippen molar-refractivity contribution in [3.63, 3.8) is 0 Å². The zero-order chi connectivity index (χ0) is 12.6. The van der Waals surface area contributed by atoms with E-state index in [2.05, 4.69) is 0 Å². The first-order valence-electron chi connectivity index (χ1n) is 5.32. The molecule has 5 heteroatoms. The Hall–Kier alpha value is -1.91. The normalized spacial score (nSPS) is 14.5. The molecule has 0 saturated carbocycles. The Balaban J connectivity index is 2.46. The number of fused-ring (bicyclic) bond motifs is 1. The van der Waals surface area contributed by atoms with Crippen molar-refractivity contribution in [2.75, 3.05) is 25.5 Å². The SMILES string of the molecule is CN(C)C(=O)N1CCC(=O)c2cc(F)ccc21. The van der Waals surface area contributed by atoms with Gasteiger partial charge < -0.3 is 4.90 Å². The highest BCUT2D eigenvalue weighted by molar-refractivity contribution is 6.08. The van der Waals surface area contributed by atoms with Crippen molar-refractivity contribution < 1.29 is 14.0 Å². The second-order valence-corrected chi connectivity index (χ2v) is 4.16. The molecule has 0 N–H and O–H groups in total. The Kier molecular flexibility index (Phi) is 2.83. The fourth-order valence-corrected chi connectivity index (χ4v) is 1.88. The number of ketones is 1. The van der Waals surface area contributed by atoms with E-state index >= 15 is 0 Å². The lowest BCUT2D eigenvalue weighted by Gasteiger charge is -2.30. The number of rotatable bonds is 0. The summed E-state index contributed by atoms with van der Waals surface area (Å²) in [5.74, 6) is -0.585. The molecule has 1 heterocycles. The van der Waals surface area contributed by atoms with Crippen LogP contribution in [0.1, 0.15) is 16.8 Å². The second kappa shape index (κ2) is 4.16. The van der Waals surface area contributed by atoms with Crippen molar-refractivity contribution in [2.45, 2.75) is 6.42 Å². The molecule has 1 aliphatic heterocycles. The molecule has 4 nitrogen and oxygen atoms in total. The third kappa shape index (κ3) is 2.00. The van der Waals surface area contributed by atoms with Crippen LogP contribution in [-0.4, -0.2) is 37.4 Å². The highest BCUT2D eigenvalue weighted by Crippen LogP contribution is 2.28. The Morgan fingerprint density at radius 1 is 1.41 bits per heavy atom. The first-order chi connectivity index (χ1) is 8.00. The minimum Gasteiger partial charge on any atom is -0.330 e. The Morgan fingerprint density at radius 2 is 2.12 bits per heavy atom. The molecule has 0 saturated heterocycles. The highest BCUT2D eigenvalue weighted by Gasteiger charge is 2.28. The van der Waals surface area contributed by atoms with Gasteiger partial charge in [-0.3, -0.25) is 9.69 Å². The van der Waals surface area contributed by atoms with Gasteiger partial charge in [-0.05, 0) is 18.2 Å². The summed E-state index contributed by atoms with van der Waals surface area (Å²) >= 11 is 0. The number of anilines is 1. The van der Waals surface area contributed by atoms with E-state index in [1.807, 2.05) is 0 Å². The molecule has 90 valence electrons. The number of carbonyl (C=O) groups excluding carboxylic acids is 2. The molecule has 0 bridgehead atoms. The molecule has 1 aromatic carbocycles. The van der Waals surface area contributed by atoms with E-state index < -0.39 is 5.82 Å². The van der Waals surface area contributed by atoms with Gasteiger partial charge >= 0.3 is 6.03 Å². The number of hydrogen-bond acceptors (Lipinski definition) is 2. The number of amides is 2. The van der Waals surface area contributed by atoms with Crippen molar-refractivity contribution in [2.24, 2.45) is 0 Å². The van der Waals surface area contributed by atoms with Gasteiger partial charge in [0.25, 0.3) is 0 Å². The smallest absolute Gasteiger partial charge is 0.323 e. The number of benzene rings is 1. The predicted molar refractivity (Wildman–Crippen MR) is 61.8 cm³/mol. The van der Waals surface area contributed by atoms with Crippen LogP contribution in [0.4, 0.5) is 14.9 Å². The first kappa shape index (κ1) is 11.6. The summed E-state index contributed by atoms with van der Waals surface area (Å²) in [5.41, 5.74) is 0.771. The molecule has 0 radical (unpaired) electrons. The van der Waals surface area contributed by atoms with Gasteiger partial charge in [-0.2, -0.15) is 0 Å². The van der Waals surface area contributed by atoms with Crippen LogP contribution in [0.3, 0.4) is 0 Å². The van der Waals surface area contributed by atoms with Crippen LogP contribution in [-0.2, 0) is 0 Å². The third-order valence-electron chi connectivity index (χ3n) is 2.73. The molecular weight excluding hydrogens is 223 g/mol. The standard InChI is InChI=1S/C12H13FN2O2/c1-14(2)12(17)15-6-5-11(16)9-7-8(13)3-4-10(9)15/h3-4,7H,5-6H2,1-2H3. The van der Waals surface area contributed by atoms with Gasteiger partial charge in [-0.1, -0.05) is 0 Å².